The Labute approximate surface area is 180 Å². The molecule has 0 atom stereocenters. The topological polar surface area (TPSA) is 66.8 Å². The van der Waals surface area contributed by atoms with Crippen molar-refractivity contribution >= 4 is 11.9 Å². The summed E-state index contributed by atoms with van der Waals surface area (Å²) in [5.74, 6) is -2.45. The highest BCUT2D eigenvalue weighted by Crippen LogP contribution is 2.25. The van der Waals surface area contributed by atoms with Gasteiger partial charge in [-0.3, -0.25) is 4.79 Å². The number of hydrogen-bond donors (Lipinski definition) is 1. The second kappa shape index (κ2) is 9.51. The van der Waals surface area contributed by atoms with E-state index in [4.69, 9.17) is 9.84 Å². The van der Waals surface area contributed by atoms with Crippen LogP contribution in [0.3, 0.4) is 0 Å². The van der Waals surface area contributed by atoms with Crippen LogP contribution in [-0.2, 0) is 6.54 Å². The van der Waals surface area contributed by atoms with Crippen LogP contribution in [0.1, 0.15) is 26.3 Å². The van der Waals surface area contributed by atoms with Crippen LogP contribution < -0.4 is 4.74 Å². The van der Waals surface area contributed by atoms with Crippen LogP contribution in [0.5, 0.6) is 11.5 Å². The van der Waals surface area contributed by atoms with Crippen molar-refractivity contribution in [1.82, 2.24) is 4.90 Å². The first-order valence-electron chi connectivity index (χ1n) is 9.33. The molecule has 0 saturated carbocycles. The van der Waals surface area contributed by atoms with E-state index in [1.807, 2.05) is 0 Å². The smallest absolute Gasteiger partial charge is 0.406 e. The van der Waals surface area contributed by atoms with Crippen molar-refractivity contribution in [2.24, 2.45) is 0 Å². The summed E-state index contributed by atoms with van der Waals surface area (Å²) < 4.78 is 58.3. The van der Waals surface area contributed by atoms with Crippen molar-refractivity contribution in [2.45, 2.75) is 12.7 Å². The zero-order valence-corrected chi connectivity index (χ0v) is 16.5. The van der Waals surface area contributed by atoms with Gasteiger partial charge in [0, 0.05) is 12.1 Å². The fraction of sp³-hybridized carbons (Fsp3) is 0.130. The molecule has 0 radical (unpaired) electrons. The number of benzene rings is 3. The molecule has 1 N–H and O–H groups in total. The van der Waals surface area contributed by atoms with Gasteiger partial charge in [-0.05, 0) is 54.1 Å². The molecule has 0 heterocycles. The van der Waals surface area contributed by atoms with Crippen LogP contribution in [0.25, 0.3) is 0 Å². The van der Waals surface area contributed by atoms with Gasteiger partial charge in [-0.15, -0.1) is 0 Å². The molecule has 0 spiro atoms. The van der Waals surface area contributed by atoms with Crippen molar-refractivity contribution in [2.75, 3.05) is 6.54 Å². The van der Waals surface area contributed by atoms with Crippen LogP contribution in [-0.4, -0.2) is 34.6 Å². The molecule has 0 bridgehead atoms. The molecule has 32 heavy (non-hydrogen) atoms. The molecule has 0 saturated heterocycles. The first kappa shape index (κ1) is 22.8. The highest BCUT2D eigenvalue weighted by Gasteiger charge is 2.33. The van der Waals surface area contributed by atoms with Crippen LogP contribution in [0.2, 0.25) is 0 Å². The fourth-order valence-corrected chi connectivity index (χ4v) is 2.89. The van der Waals surface area contributed by atoms with Crippen LogP contribution >= 0.6 is 0 Å². The molecule has 1 amide bonds. The van der Waals surface area contributed by atoms with Gasteiger partial charge in [-0.2, -0.15) is 13.2 Å². The molecule has 9 heteroatoms. The number of para-hydroxylation sites is 1. The van der Waals surface area contributed by atoms with Gasteiger partial charge in [-0.25, -0.2) is 9.18 Å². The number of hydrogen-bond acceptors (Lipinski definition) is 3. The normalized spacial score (nSPS) is 11.1. The summed E-state index contributed by atoms with van der Waals surface area (Å²) in [6.45, 7) is -1.86. The van der Waals surface area contributed by atoms with Crippen molar-refractivity contribution < 1.29 is 37.0 Å². The third-order valence-electron chi connectivity index (χ3n) is 4.40. The van der Waals surface area contributed by atoms with E-state index in [9.17, 15) is 27.2 Å². The number of carbonyl (C=O) groups is 2. The summed E-state index contributed by atoms with van der Waals surface area (Å²) in [5, 5.41) is 8.93. The minimum Gasteiger partial charge on any atom is -0.478 e. The van der Waals surface area contributed by atoms with Crippen molar-refractivity contribution in [3.8, 4) is 11.5 Å². The molecule has 3 aromatic carbocycles. The Hall–Kier alpha value is -3.88. The van der Waals surface area contributed by atoms with Gasteiger partial charge in [0.2, 0.25) is 0 Å². The maximum atomic E-state index is 13.7. The average molecular weight is 447 g/mol. The predicted molar refractivity (Wildman–Crippen MR) is 107 cm³/mol. The van der Waals surface area contributed by atoms with Crippen LogP contribution in [0.4, 0.5) is 17.6 Å². The molecule has 3 aromatic rings. The van der Waals surface area contributed by atoms with Crippen LogP contribution in [0, 0.1) is 5.82 Å². The fourth-order valence-electron chi connectivity index (χ4n) is 2.89. The second-order valence-corrected chi connectivity index (χ2v) is 6.84. The molecule has 0 aromatic heterocycles. The first-order valence-corrected chi connectivity index (χ1v) is 9.33. The molecule has 3 rings (SSSR count). The number of carboxylic acids is 1. The van der Waals surface area contributed by atoms with E-state index in [2.05, 4.69) is 0 Å². The van der Waals surface area contributed by atoms with Crippen molar-refractivity contribution in [3.63, 3.8) is 0 Å². The quantitative estimate of drug-likeness (QED) is 0.485. The lowest BCUT2D eigenvalue weighted by molar-refractivity contribution is -0.141. The van der Waals surface area contributed by atoms with E-state index in [1.165, 1.54) is 66.7 Å². The Balaban J connectivity index is 1.78. The molecule has 0 fully saturated rings. The number of rotatable bonds is 7. The molecule has 0 aliphatic heterocycles. The first-order chi connectivity index (χ1) is 15.1. The summed E-state index contributed by atoms with van der Waals surface area (Å²) >= 11 is 0. The van der Waals surface area contributed by atoms with Crippen molar-refractivity contribution in [3.05, 3.63) is 95.3 Å². The van der Waals surface area contributed by atoms with E-state index in [1.54, 1.807) is 6.07 Å². The number of carboxylic acid groups (broad SMARTS) is 1. The van der Waals surface area contributed by atoms with E-state index in [0.29, 0.717) is 10.5 Å². The van der Waals surface area contributed by atoms with E-state index >= 15 is 0 Å². The third-order valence-corrected chi connectivity index (χ3v) is 4.40. The van der Waals surface area contributed by atoms with E-state index in [-0.39, 0.29) is 29.2 Å². The Morgan fingerprint density at radius 1 is 0.875 bits per heavy atom. The van der Waals surface area contributed by atoms with E-state index < -0.39 is 30.4 Å². The molecule has 0 aliphatic carbocycles. The Kier molecular flexibility index (Phi) is 6.77. The largest absolute Gasteiger partial charge is 0.478 e. The lowest BCUT2D eigenvalue weighted by Crippen LogP contribution is -2.38. The lowest BCUT2D eigenvalue weighted by atomic mass is 10.1. The Morgan fingerprint density at radius 2 is 1.47 bits per heavy atom. The maximum Gasteiger partial charge on any atom is 0.406 e. The molecule has 5 nitrogen and oxygen atoms in total. The molecular weight excluding hydrogens is 430 g/mol. The maximum absolute atomic E-state index is 13.7. The SMILES string of the molecule is O=C(O)c1ccc(CN(CC(F)(F)F)C(=O)c2ccc(Oc3ccccc3F)cc2)cc1. The standard InChI is InChI=1S/C23H17F4NO4/c24-19-3-1-2-4-20(19)32-18-11-9-16(10-12-18)21(29)28(14-23(25,26)27)13-15-5-7-17(8-6-15)22(30)31/h1-12H,13-14H2,(H,30,31). The highest BCUT2D eigenvalue weighted by molar-refractivity contribution is 5.94. The monoisotopic (exact) mass is 447 g/mol. The number of aromatic carboxylic acids is 1. The predicted octanol–water partition coefficient (Wildman–Crippen LogP) is 5.52. The number of carbonyl (C=O) groups excluding carboxylic acids is 1. The third kappa shape index (κ3) is 6.07. The zero-order chi connectivity index (χ0) is 23.3. The second-order valence-electron chi connectivity index (χ2n) is 6.84. The number of ether oxygens (including phenoxy) is 1. The van der Waals surface area contributed by atoms with Crippen molar-refractivity contribution in [1.29, 1.82) is 0 Å². The zero-order valence-electron chi connectivity index (χ0n) is 16.5. The molecule has 0 unspecified atom stereocenters. The lowest BCUT2D eigenvalue weighted by Gasteiger charge is -2.24. The highest BCUT2D eigenvalue weighted by atomic mass is 19.4. The Morgan fingerprint density at radius 3 is 2.03 bits per heavy atom. The average Bonchev–Trinajstić information content (AvgIpc) is 2.74. The number of halogens is 4. The summed E-state index contributed by atoms with van der Waals surface area (Å²) in [5.41, 5.74) is 0.303. The van der Waals surface area contributed by atoms with Gasteiger partial charge in [0.1, 0.15) is 12.3 Å². The number of nitrogens with zero attached hydrogens (tertiary/aromatic N) is 1. The number of alkyl halides is 3. The van der Waals surface area contributed by atoms with Gasteiger partial charge in [0.15, 0.2) is 11.6 Å². The van der Waals surface area contributed by atoms with Gasteiger partial charge in [0.05, 0.1) is 5.56 Å². The van der Waals surface area contributed by atoms with E-state index in [0.717, 1.165) is 0 Å². The molecule has 166 valence electrons. The van der Waals surface area contributed by atoms with Gasteiger partial charge < -0.3 is 14.7 Å². The molecule has 0 aliphatic rings. The minimum atomic E-state index is -4.63. The van der Waals surface area contributed by atoms with Crippen LogP contribution in [0.15, 0.2) is 72.8 Å². The summed E-state index contributed by atoms with van der Waals surface area (Å²) in [6, 6.07) is 16.2. The summed E-state index contributed by atoms with van der Waals surface area (Å²) in [7, 11) is 0. The van der Waals surface area contributed by atoms with Gasteiger partial charge >= 0.3 is 12.1 Å². The Bertz CT molecular complexity index is 1100. The number of amides is 1. The summed E-state index contributed by atoms with van der Waals surface area (Å²) in [4.78, 5) is 24.3. The van der Waals surface area contributed by atoms with Gasteiger partial charge in [-0.1, -0.05) is 24.3 Å². The minimum absolute atomic E-state index is 0.0164. The molecular formula is C23H17F4NO4. The van der Waals surface area contributed by atoms with Gasteiger partial charge in [0.25, 0.3) is 5.91 Å². The summed E-state index contributed by atoms with van der Waals surface area (Å²) in [6.07, 6.45) is -4.63.